The van der Waals surface area contributed by atoms with Gasteiger partial charge in [0.05, 0.1) is 23.1 Å². The highest BCUT2D eigenvalue weighted by Gasteiger charge is 2.74. The first-order chi connectivity index (χ1) is 29.3. The topological polar surface area (TPSA) is 223 Å². The van der Waals surface area contributed by atoms with Crippen LogP contribution in [0.25, 0.3) is 0 Å². The van der Waals surface area contributed by atoms with Gasteiger partial charge in [0.25, 0.3) is 23.5 Å². The van der Waals surface area contributed by atoms with Crippen molar-refractivity contribution in [2.24, 2.45) is 11.8 Å². The predicted octanol–water partition coefficient (Wildman–Crippen LogP) is 4.83. The van der Waals surface area contributed by atoms with Crippen LogP contribution in [-0.2, 0) is 39.1 Å². The number of benzene rings is 2. The van der Waals surface area contributed by atoms with Gasteiger partial charge in [0, 0.05) is 50.1 Å². The van der Waals surface area contributed by atoms with Gasteiger partial charge in [0.1, 0.15) is 11.6 Å². The molecule has 2 aromatic rings. The van der Waals surface area contributed by atoms with Crippen LogP contribution in [0.5, 0.6) is 0 Å². The van der Waals surface area contributed by atoms with Crippen molar-refractivity contribution in [3.05, 3.63) is 71.8 Å². The molecule has 7 aliphatic heterocycles. The Labute approximate surface area is 360 Å². The van der Waals surface area contributed by atoms with Gasteiger partial charge in [-0.25, -0.2) is 0 Å². The fourth-order valence-corrected chi connectivity index (χ4v) is 7.76. The van der Waals surface area contributed by atoms with Crippen LogP contribution in [0.2, 0.25) is 0 Å². The maximum atomic E-state index is 13.1. The molecule has 7 heterocycles. The minimum Gasteiger partial charge on any atom is -0.480 e. The Morgan fingerprint density at radius 2 is 1.28 bits per heavy atom. The van der Waals surface area contributed by atoms with Crippen molar-refractivity contribution < 1.29 is 48.6 Å². The Hall–Kier alpha value is -5.58. The zero-order chi connectivity index (χ0) is 46.6. The van der Waals surface area contributed by atoms with Crippen LogP contribution in [0, 0.1) is 11.8 Å². The number of likely N-dealkylation sites (tertiary alicyclic amines) is 1. The van der Waals surface area contributed by atoms with E-state index in [2.05, 4.69) is 20.9 Å². The minimum absolute atomic E-state index is 0.0155. The number of nitrogens with one attached hydrogen (secondary N) is 3. The van der Waals surface area contributed by atoms with Crippen molar-refractivity contribution in [1.29, 1.82) is 0 Å². The number of nitrogens with zero attached hydrogens (tertiary/aromatic N) is 3. The van der Waals surface area contributed by atoms with Gasteiger partial charge in [-0.3, -0.25) is 53.1 Å². The van der Waals surface area contributed by atoms with Crippen molar-refractivity contribution in [2.45, 2.75) is 106 Å². The van der Waals surface area contributed by atoms with Crippen molar-refractivity contribution in [3.63, 3.8) is 0 Å². The molecule has 61 heavy (non-hydrogen) atoms. The Kier molecular flexibility index (Phi) is 22.7. The molecule has 7 aliphatic rings. The van der Waals surface area contributed by atoms with Crippen LogP contribution in [-0.4, -0.2) is 118 Å². The van der Waals surface area contributed by atoms with E-state index in [1.165, 1.54) is 31.1 Å². The van der Waals surface area contributed by atoms with Crippen LogP contribution >= 0.6 is 0 Å². The number of amides is 6. The maximum Gasteiger partial charge on any atom is 0.320 e. The van der Waals surface area contributed by atoms with E-state index in [1.54, 1.807) is 31.2 Å². The van der Waals surface area contributed by atoms with E-state index in [-0.39, 0.29) is 48.2 Å². The Morgan fingerprint density at radius 3 is 1.75 bits per heavy atom. The number of Topliss-reactive ketones (excluding diaryl/α,β-unsaturated/α-hetero) is 1. The Morgan fingerprint density at radius 1 is 0.738 bits per heavy atom. The van der Waals surface area contributed by atoms with Crippen LogP contribution < -0.4 is 16.0 Å². The summed E-state index contributed by atoms with van der Waals surface area (Å²) in [5.74, 6) is -3.69. The van der Waals surface area contributed by atoms with Gasteiger partial charge in [-0.2, -0.15) is 0 Å². The number of aliphatic carboxylic acids is 1. The molecule has 0 bridgehead atoms. The lowest BCUT2D eigenvalue weighted by molar-refractivity contribution is -0.144. The van der Waals surface area contributed by atoms with Crippen molar-refractivity contribution in [1.82, 2.24) is 20.0 Å². The summed E-state index contributed by atoms with van der Waals surface area (Å²) < 4.78 is 0. The number of para-hydroxylation sites is 2. The molecule has 4 unspecified atom stereocenters. The highest BCUT2D eigenvalue weighted by molar-refractivity contribution is 6.51. The average Bonchev–Trinajstić information content (AvgIpc) is 4.17. The molecular formula is C45H66N6O10. The standard InChI is InChI=1S/C17H17N3O3.C8H5NO2.C5H5NO2.C5H9NO2.C2H6O.4C2H6/c1-19-14(21)12-11-7-4-8-20(11)17(13(12)15(19)22)9-5-2-3-6-10(9)18-16(17)23;10-7-5-3-1-2-4-6(5)9-8(7)11;1-6-4(7)2-3-5(6)8;7-5(8)4-2-1-3-6-4;1-2-3;4*1-2/h2-3,5-6,11-13H,4,7-8H2,1H3,(H,18,23);1-4H,(H,9,10,11);2-3H,1H3;4,6H,1-3H2,(H,7,8);3H,2H2,1H3;4*1-2H3/t;;;4-;;;;;/m...0...../s1. The minimum atomic E-state index is -1.01. The highest BCUT2D eigenvalue weighted by Crippen LogP contribution is 2.60. The summed E-state index contributed by atoms with van der Waals surface area (Å²) in [7, 11) is 2.99. The molecule has 5 atom stereocenters. The number of carbonyl (C=O) groups excluding carboxylic acids is 7. The number of aliphatic hydroxyl groups is 1. The highest BCUT2D eigenvalue weighted by atomic mass is 16.4. The zero-order valence-electron chi connectivity index (χ0n) is 37.5. The zero-order valence-corrected chi connectivity index (χ0v) is 37.5. The number of imide groups is 2. The molecule has 4 fully saturated rings. The largest absolute Gasteiger partial charge is 0.480 e. The van der Waals surface area contributed by atoms with Crippen molar-refractivity contribution in [2.75, 3.05) is 44.4 Å². The molecule has 0 aromatic heterocycles. The first kappa shape index (κ1) is 53.4. The average molecular weight is 851 g/mol. The number of rotatable bonds is 1. The number of hydrogen-bond donors (Lipinski definition) is 5. The van der Waals surface area contributed by atoms with Crippen LogP contribution in [0.3, 0.4) is 0 Å². The van der Waals surface area contributed by atoms with E-state index in [0.29, 0.717) is 11.3 Å². The summed E-state index contributed by atoms with van der Waals surface area (Å²) in [5.41, 5.74) is 1.68. The molecule has 1 spiro atoms. The lowest BCUT2D eigenvalue weighted by Gasteiger charge is -2.36. The molecule has 6 amide bonds. The van der Waals surface area contributed by atoms with Crippen LogP contribution in [0.1, 0.15) is 104 Å². The van der Waals surface area contributed by atoms with Crippen molar-refractivity contribution >= 4 is 58.6 Å². The molecular weight excluding hydrogens is 785 g/mol. The number of ketones is 1. The molecule has 0 aliphatic carbocycles. The summed E-state index contributed by atoms with van der Waals surface area (Å²) in [6, 6.07) is 14.1. The van der Waals surface area contributed by atoms with Crippen LogP contribution in [0.15, 0.2) is 60.7 Å². The molecule has 16 heteroatoms. The fraction of sp³-hybridized carbons (Fsp3) is 0.511. The van der Waals surface area contributed by atoms with Gasteiger partial charge in [-0.15, -0.1) is 0 Å². The van der Waals surface area contributed by atoms with Gasteiger partial charge in [0.2, 0.25) is 17.7 Å². The quantitative estimate of drug-likeness (QED) is 0.192. The molecule has 4 saturated heterocycles. The second-order valence-electron chi connectivity index (χ2n) is 13.1. The SMILES string of the molecule is CC.CC.CC.CC.CCO.CN1C(=O)C2C3CCCN3C3(C(=O)Nc4ccccc43)C2C1=O.CN1C(=O)C=CC1=O.O=C(O)[C@@H]1CCCN1.O=C1Nc2ccccc2C1=O. The second-order valence-corrected chi connectivity index (χ2v) is 13.1. The van der Waals surface area contributed by atoms with E-state index in [9.17, 15) is 38.4 Å². The summed E-state index contributed by atoms with van der Waals surface area (Å²) in [4.78, 5) is 95.7. The van der Waals surface area contributed by atoms with Gasteiger partial charge in [-0.1, -0.05) is 85.7 Å². The predicted molar refractivity (Wildman–Crippen MR) is 234 cm³/mol. The number of fused-ring (bicyclic) bond motifs is 8. The third-order valence-electron chi connectivity index (χ3n) is 10.1. The Balaban J connectivity index is 0.000000413. The monoisotopic (exact) mass is 850 g/mol. The summed E-state index contributed by atoms with van der Waals surface area (Å²) >= 11 is 0. The lowest BCUT2D eigenvalue weighted by Crippen LogP contribution is -2.53. The smallest absolute Gasteiger partial charge is 0.320 e. The number of carboxylic acid groups (broad SMARTS) is 1. The van der Waals surface area contributed by atoms with Gasteiger partial charge >= 0.3 is 5.97 Å². The molecule has 16 nitrogen and oxygen atoms in total. The van der Waals surface area contributed by atoms with Gasteiger partial charge in [0.15, 0.2) is 0 Å². The summed E-state index contributed by atoms with van der Waals surface area (Å²) in [5, 5.41) is 24.2. The maximum absolute atomic E-state index is 13.1. The molecule has 336 valence electrons. The fourth-order valence-electron chi connectivity index (χ4n) is 7.76. The van der Waals surface area contributed by atoms with E-state index in [0.717, 1.165) is 54.9 Å². The number of anilines is 2. The number of carboxylic acids is 1. The number of aliphatic hydroxyl groups excluding tert-OH is 1. The first-order valence-electron chi connectivity index (χ1n) is 21.3. The Bertz CT molecular complexity index is 1860. The third kappa shape index (κ3) is 11.4. The first-order valence-corrected chi connectivity index (χ1v) is 21.3. The summed E-state index contributed by atoms with van der Waals surface area (Å²) in [6.45, 7) is 19.5. The second kappa shape index (κ2) is 25.9. The van der Waals surface area contributed by atoms with Gasteiger partial charge in [-0.05, 0) is 63.9 Å². The van der Waals surface area contributed by atoms with Gasteiger partial charge < -0.3 is 26.2 Å². The lowest BCUT2D eigenvalue weighted by atomic mass is 9.75. The summed E-state index contributed by atoms with van der Waals surface area (Å²) in [6.07, 6.45) is 6.11. The molecule has 0 radical (unpaired) electrons. The molecule has 0 saturated carbocycles. The van der Waals surface area contributed by atoms with E-state index < -0.39 is 35.0 Å². The number of hydrogen-bond acceptors (Lipinski definition) is 11. The molecule has 9 rings (SSSR count). The normalized spacial score (nSPS) is 23.8. The van der Waals surface area contributed by atoms with Crippen molar-refractivity contribution in [3.8, 4) is 0 Å². The van der Waals surface area contributed by atoms with E-state index >= 15 is 0 Å². The van der Waals surface area contributed by atoms with E-state index in [1.807, 2.05) is 79.7 Å². The third-order valence-corrected chi connectivity index (χ3v) is 10.1. The van der Waals surface area contributed by atoms with Crippen LogP contribution in [0.4, 0.5) is 11.4 Å². The number of likely N-dealkylation sites (N-methyl/N-ethyl adjacent to an activating group) is 1. The number of carbonyl (C=O) groups is 8. The van der Waals surface area contributed by atoms with E-state index in [4.69, 9.17) is 10.2 Å². The molecule has 2 aromatic carbocycles. The molecule has 5 N–H and O–H groups in total.